The summed E-state index contributed by atoms with van der Waals surface area (Å²) in [6, 6.07) is 1.80. The molecule has 2 aromatic rings. The van der Waals surface area contributed by atoms with Gasteiger partial charge in [0.15, 0.2) is 0 Å². The quantitative estimate of drug-likeness (QED) is 0.808. The predicted molar refractivity (Wildman–Crippen MR) is 81.0 cm³/mol. The molecule has 0 spiro atoms. The van der Waals surface area contributed by atoms with E-state index in [1.54, 1.807) is 23.0 Å². The second-order valence-corrected chi connectivity index (χ2v) is 6.73. The van der Waals surface area contributed by atoms with Crippen molar-refractivity contribution >= 4 is 23.4 Å². The molecule has 0 saturated carbocycles. The van der Waals surface area contributed by atoms with Crippen molar-refractivity contribution in [3.8, 4) is 0 Å². The van der Waals surface area contributed by atoms with Gasteiger partial charge in [-0.1, -0.05) is 25.6 Å². The fraction of sp³-hybridized carbons (Fsp3) is 0.571. The summed E-state index contributed by atoms with van der Waals surface area (Å²) >= 11 is 1.38. The summed E-state index contributed by atoms with van der Waals surface area (Å²) in [5, 5.41) is 4.89. The number of hydrogen-bond donors (Lipinski definition) is 0. The van der Waals surface area contributed by atoms with Crippen LogP contribution in [0.5, 0.6) is 0 Å². The molecule has 3 heterocycles. The smallest absolute Gasteiger partial charge is 0.253 e. The highest BCUT2D eigenvalue weighted by Gasteiger charge is 2.25. The van der Waals surface area contributed by atoms with Gasteiger partial charge in [0.25, 0.3) is 5.78 Å². The molecule has 1 saturated heterocycles. The second-order valence-electron chi connectivity index (χ2n) is 5.79. The molecule has 2 aromatic heterocycles. The summed E-state index contributed by atoms with van der Waals surface area (Å²) < 4.78 is 1.62. The van der Waals surface area contributed by atoms with Crippen molar-refractivity contribution in [1.29, 1.82) is 0 Å². The molecule has 3 rings (SSSR count). The third-order valence-corrected chi connectivity index (χ3v) is 4.47. The van der Waals surface area contributed by atoms with Gasteiger partial charge in [-0.2, -0.15) is 4.98 Å². The Morgan fingerprint density at radius 1 is 1.38 bits per heavy atom. The second kappa shape index (κ2) is 6.01. The van der Waals surface area contributed by atoms with Crippen LogP contribution in [-0.2, 0) is 4.79 Å². The van der Waals surface area contributed by atoms with Gasteiger partial charge in [-0.05, 0) is 24.3 Å². The third kappa shape index (κ3) is 3.34. The molecule has 1 fully saturated rings. The zero-order valence-corrected chi connectivity index (χ0v) is 13.1. The predicted octanol–water partition coefficient (Wildman–Crippen LogP) is 1.72. The van der Waals surface area contributed by atoms with E-state index in [2.05, 4.69) is 28.9 Å². The number of carbonyl (C=O) groups is 1. The number of thioether (sulfide) groups is 1. The Balaban J connectivity index is 1.60. The first kappa shape index (κ1) is 14.3. The summed E-state index contributed by atoms with van der Waals surface area (Å²) in [5.41, 5.74) is 0. The molecule has 0 unspecified atom stereocenters. The van der Waals surface area contributed by atoms with Gasteiger partial charge in [-0.15, -0.1) is 5.10 Å². The van der Waals surface area contributed by atoms with E-state index in [1.807, 2.05) is 4.90 Å². The van der Waals surface area contributed by atoms with Crippen molar-refractivity contribution in [3.63, 3.8) is 0 Å². The monoisotopic (exact) mass is 305 g/mol. The highest BCUT2D eigenvalue weighted by atomic mass is 32.2. The SMILES string of the molecule is C[C@H]1C[C@H](C)CN(C(=O)CSc2nc3ncccn3n2)C1. The van der Waals surface area contributed by atoms with Crippen LogP contribution in [0.25, 0.3) is 5.78 Å². The average molecular weight is 305 g/mol. The maximum atomic E-state index is 12.3. The number of fused-ring (bicyclic) bond motifs is 1. The van der Waals surface area contributed by atoms with E-state index in [9.17, 15) is 4.79 Å². The molecule has 1 aliphatic rings. The molecule has 0 N–H and O–H groups in total. The van der Waals surface area contributed by atoms with Crippen LogP contribution in [0.1, 0.15) is 20.3 Å². The third-order valence-electron chi connectivity index (χ3n) is 3.64. The standard InChI is InChI=1S/C14H19N5OS/c1-10-6-11(2)8-18(7-10)12(20)9-21-14-16-13-15-4-3-5-19(13)17-14/h3-5,10-11H,6-9H2,1-2H3/t10-,11-/m0/s1. The molecule has 0 aromatic carbocycles. The normalized spacial score (nSPS) is 22.7. The van der Waals surface area contributed by atoms with Gasteiger partial charge in [-0.25, -0.2) is 9.50 Å². The maximum absolute atomic E-state index is 12.3. The molecular formula is C14H19N5OS. The fourth-order valence-electron chi connectivity index (χ4n) is 2.86. The number of aromatic nitrogens is 4. The van der Waals surface area contributed by atoms with Crippen molar-refractivity contribution in [1.82, 2.24) is 24.5 Å². The Morgan fingerprint density at radius 3 is 2.86 bits per heavy atom. The fourth-order valence-corrected chi connectivity index (χ4v) is 3.59. The minimum atomic E-state index is 0.171. The number of piperidine rings is 1. The first-order valence-electron chi connectivity index (χ1n) is 7.20. The van der Waals surface area contributed by atoms with E-state index in [-0.39, 0.29) is 5.91 Å². The minimum absolute atomic E-state index is 0.171. The van der Waals surface area contributed by atoms with Gasteiger partial charge in [0.1, 0.15) is 0 Å². The zero-order chi connectivity index (χ0) is 14.8. The Hall–Kier alpha value is -1.63. The van der Waals surface area contributed by atoms with Crippen molar-refractivity contribution in [2.75, 3.05) is 18.8 Å². The number of nitrogens with zero attached hydrogens (tertiary/aromatic N) is 5. The van der Waals surface area contributed by atoms with Crippen molar-refractivity contribution < 1.29 is 4.79 Å². The molecule has 2 atom stereocenters. The Labute approximate surface area is 128 Å². The van der Waals surface area contributed by atoms with Crippen LogP contribution in [0.3, 0.4) is 0 Å². The molecule has 0 radical (unpaired) electrons. The lowest BCUT2D eigenvalue weighted by Crippen LogP contribution is -2.43. The lowest BCUT2D eigenvalue weighted by atomic mass is 9.92. The topological polar surface area (TPSA) is 63.4 Å². The number of rotatable bonds is 3. The van der Waals surface area contributed by atoms with E-state index in [0.29, 0.717) is 28.5 Å². The van der Waals surface area contributed by atoms with E-state index in [1.165, 1.54) is 18.2 Å². The molecule has 1 aliphatic heterocycles. The molecule has 112 valence electrons. The summed E-state index contributed by atoms with van der Waals surface area (Å²) in [4.78, 5) is 22.7. The Kier molecular flexibility index (Phi) is 4.10. The van der Waals surface area contributed by atoms with Crippen LogP contribution in [0, 0.1) is 11.8 Å². The van der Waals surface area contributed by atoms with E-state index in [0.717, 1.165) is 13.1 Å². The molecule has 7 heteroatoms. The van der Waals surface area contributed by atoms with Crippen LogP contribution in [0.2, 0.25) is 0 Å². The van der Waals surface area contributed by atoms with Crippen molar-refractivity contribution in [3.05, 3.63) is 18.5 Å². The van der Waals surface area contributed by atoms with Gasteiger partial charge in [0.2, 0.25) is 11.1 Å². The van der Waals surface area contributed by atoms with Gasteiger partial charge >= 0.3 is 0 Å². The molecule has 6 nitrogen and oxygen atoms in total. The molecular weight excluding hydrogens is 286 g/mol. The number of amides is 1. The van der Waals surface area contributed by atoms with Crippen LogP contribution in [0.4, 0.5) is 0 Å². The first-order chi connectivity index (χ1) is 10.1. The Morgan fingerprint density at radius 2 is 2.14 bits per heavy atom. The maximum Gasteiger partial charge on any atom is 0.253 e. The molecule has 1 amide bonds. The highest BCUT2D eigenvalue weighted by molar-refractivity contribution is 7.99. The minimum Gasteiger partial charge on any atom is -0.341 e. The van der Waals surface area contributed by atoms with E-state index >= 15 is 0 Å². The number of likely N-dealkylation sites (tertiary alicyclic amines) is 1. The molecule has 0 bridgehead atoms. The van der Waals surface area contributed by atoms with Gasteiger partial charge in [0.05, 0.1) is 5.75 Å². The lowest BCUT2D eigenvalue weighted by molar-refractivity contribution is -0.130. The van der Waals surface area contributed by atoms with Crippen LogP contribution < -0.4 is 0 Å². The Bertz CT molecular complexity index is 600. The van der Waals surface area contributed by atoms with Gasteiger partial charge in [-0.3, -0.25) is 4.79 Å². The van der Waals surface area contributed by atoms with Crippen molar-refractivity contribution in [2.45, 2.75) is 25.4 Å². The zero-order valence-electron chi connectivity index (χ0n) is 12.3. The van der Waals surface area contributed by atoms with Crippen molar-refractivity contribution in [2.24, 2.45) is 11.8 Å². The number of carbonyl (C=O) groups excluding carboxylic acids is 1. The first-order valence-corrected chi connectivity index (χ1v) is 8.18. The lowest BCUT2D eigenvalue weighted by Gasteiger charge is -2.34. The van der Waals surface area contributed by atoms with Crippen LogP contribution in [-0.4, -0.2) is 49.2 Å². The van der Waals surface area contributed by atoms with E-state index < -0.39 is 0 Å². The van der Waals surface area contributed by atoms with Gasteiger partial charge in [0, 0.05) is 25.5 Å². The largest absolute Gasteiger partial charge is 0.341 e. The van der Waals surface area contributed by atoms with E-state index in [4.69, 9.17) is 0 Å². The van der Waals surface area contributed by atoms with Gasteiger partial charge < -0.3 is 4.90 Å². The average Bonchev–Trinajstić information content (AvgIpc) is 2.86. The summed E-state index contributed by atoms with van der Waals surface area (Å²) in [7, 11) is 0. The molecule has 21 heavy (non-hydrogen) atoms. The summed E-state index contributed by atoms with van der Waals surface area (Å²) in [6.45, 7) is 6.14. The van der Waals surface area contributed by atoms with Crippen LogP contribution in [0.15, 0.2) is 23.6 Å². The summed E-state index contributed by atoms with van der Waals surface area (Å²) in [6.07, 6.45) is 4.69. The number of hydrogen-bond acceptors (Lipinski definition) is 5. The summed E-state index contributed by atoms with van der Waals surface area (Å²) in [5.74, 6) is 2.29. The van der Waals surface area contributed by atoms with Crippen LogP contribution >= 0.6 is 11.8 Å². The highest BCUT2D eigenvalue weighted by Crippen LogP contribution is 2.22. The molecule has 0 aliphatic carbocycles.